The van der Waals surface area contributed by atoms with Crippen molar-refractivity contribution < 1.29 is 24.0 Å². The number of rotatable bonds is 23. The molecule has 0 nitrogen and oxygen atoms in total. The molecule has 0 radical (unpaired) electrons. The summed E-state index contributed by atoms with van der Waals surface area (Å²) in [5.74, 6) is 4.33. The van der Waals surface area contributed by atoms with Crippen LogP contribution in [0.5, 0.6) is 0 Å². The predicted octanol–water partition coefficient (Wildman–Crippen LogP) is 6.47. The molecule has 0 rings (SSSR count). The van der Waals surface area contributed by atoms with Gasteiger partial charge in [0.05, 0.1) is 0 Å². The SMILES string of the molecule is CCCCCCCCCCCCCCCCCCCCCC[S+](CC)CC.[I-]. The lowest BCUT2D eigenvalue weighted by Gasteiger charge is -2.05. The van der Waals surface area contributed by atoms with Gasteiger partial charge in [-0.1, -0.05) is 122 Å². The van der Waals surface area contributed by atoms with Crippen LogP contribution in [0.15, 0.2) is 0 Å². The summed E-state index contributed by atoms with van der Waals surface area (Å²) in [7, 11) is 0.742. The summed E-state index contributed by atoms with van der Waals surface area (Å²) in [6.07, 6.45) is 29.6. The van der Waals surface area contributed by atoms with E-state index in [1.165, 1.54) is 146 Å². The van der Waals surface area contributed by atoms with E-state index < -0.39 is 0 Å². The highest BCUT2D eigenvalue weighted by atomic mass is 127. The zero-order valence-corrected chi connectivity index (χ0v) is 23.0. The molecule has 2 heteroatoms. The highest BCUT2D eigenvalue weighted by molar-refractivity contribution is 7.96. The van der Waals surface area contributed by atoms with E-state index in [-0.39, 0.29) is 24.0 Å². The molecule has 0 saturated heterocycles. The van der Waals surface area contributed by atoms with Crippen LogP contribution in [-0.2, 0) is 10.9 Å². The molecule has 0 aromatic carbocycles. The lowest BCUT2D eigenvalue weighted by Crippen LogP contribution is -3.00. The second-order valence-corrected chi connectivity index (χ2v) is 11.4. The summed E-state index contributed by atoms with van der Waals surface area (Å²) < 4.78 is 0. The van der Waals surface area contributed by atoms with E-state index in [4.69, 9.17) is 0 Å². The largest absolute Gasteiger partial charge is 1.00 e. The highest BCUT2D eigenvalue weighted by Gasteiger charge is 2.10. The van der Waals surface area contributed by atoms with Gasteiger partial charge in [-0.3, -0.25) is 0 Å². The van der Waals surface area contributed by atoms with Crippen molar-refractivity contribution in [3.8, 4) is 0 Å². The maximum absolute atomic E-state index is 2.36. The van der Waals surface area contributed by atoms with Crippen molar-refractivity contribution >= 4 is 10.9 Å². The number of unbranched alkanes of at least 4 members (excludes halogenated alkanes) is 19. The monoisotopic (exact) mass is 526 g/mol. The van der Waals surface area contributed by atoms with E-state index in [1.807, 2.05) is 0 Å². The van der Waals surface area contributed by atoms with Crippen LogP contribution in [0.2, 0.25) is 0 Å². The second kappa shape index (κ2) is 28.1. The fraction of sp³-hybridized carbons (Fsp3) is 1.00. The fourth-order valence-electron chi connectivity index (χ4n) is 4.05. The first-order valence-corrected chi connectivity index (χ1v) is 14.7. The summed E-state index contributed by atoms with van der Waals surface area (Å²) in [5.41, 5.74) is 0. The molecular formula is C26H55IS. The summed E-state index contributed by atoms with van der Waals surface area (Å²) in [5, 5.41) is 0. The van der Waals surface area contributed by atoms with Crippen molar-refractivity contribution in [2.75, 3.05) is 17.3 Å². The van der Waals surface area contributed by atoms with Crippen LogP contribution in [0.1, 0.15) is 149 Å². The smallest absolute Gasteiger partial charge is 0.108 e. The van der Waals surface area contributed by atoms with Gasteiger partial charge in [-0.25, -0.2) is 0 Å². The van der Waals surface area contributed by atoms with Crippen molar-refractivity contribution in [3.05, 3.63) is 0 Å². The van der Waals surface area contributed by atoms with Crippen molar-refractivity contribution in [2.45, 2.75) is 149 Å². The Kier molecular flexibility index (Phi) is 31.4. The summed E-state index contributed by atoms with van der Waals surface area (Å²) in [6, 6.07) is 0. The first-order chi connectivity index (χ1) is 13.3. The molecule has 0 aliphatic rings. The van der Waals surface area contributed by atoms with E-state index >= 15 is 0 Å². The van der Waals surface area contributed by atoms with Crippen LogP contribution in [-0.4, -0.2) is 17.3 Å². The maximum Gasteiger partial charge on any atom is 0.108 e. The third kappa shape index (κ3) is 25.1. The highest BCUT2D eigenvalue weighted by Crippen LogP contribution is 2.15. The standard InChI is InChI=1S/C26H55S.HI/c1-4-7-8-9-10-11-12-13-14-15-16-17-18-19-20-21-22-23-24-25-26-27(5-2)6-3;/h4-26H2,1-3H3;1H/q+1;/p-1. The molecule has 0 N–H and O–H groups in total. The Hall–Kier alpha value is 1.08. The topological polar surface area (TPSA) is 0 Å². The number of hydrogen-bond acceptors (Lipinski definition) is 0. The molecule has 28 heavy (non-hydrogen) atoms. The molecule has 0 spiro atoms. The average Bonchev–Trinajstić information content (AvgIpc) is 2.69. The van der Waals surface area contributed by atoms with Gasteiger partial charge in [-0.05, 0) is 37.6 Å². The Bertz CT molecular complexity index is 253. The third-order valence-corrected chi connectivity index (χ3v) is 8.60. The van der Waals surface area contributed by atoms with Gasteiger partial charge in [0.1, 0.15) is 17.3 Å². The Morgan fingerprint density at radius 2 is 0.607 bits per heavy atom. The molecule has 172 valence electrons. The van der Waals surface area contributed by atoms with Crippen molar-refractivity contribution in [3.63, 3.8) is 0 Å². The molecule has 0 aromatic rings. The number of halogens is 1. The average molecular weight is 527 g/mol. The van der Waals surface area contributed by atoms with Crippen molar-refractivity contribution in [1.29, 1.82) is 0 Å². The molecule has 0 fully saturated rings. The lowest BCUT2D eigenvalue weighted by molar-refractivity contribution is -0.00000609. The van der Waals surface area contributed by atoms with Gasteiger partial charge in [0, 0.05) is 0 Å². The zero-order chi connectivity index (χ0) is 19.8. The van der Waals surface area contributed by atoms with Crippen molar-refractivity contribution in [1.82, 2.24) is 0 Å². The van der Waals surface area contributed by atoms with E-state index in [1.54, 1.807) is 0 Å². The van der Waals surface area contributed by atoms with E-state index in [2.05, 4.69) is 20.8 Å². The second-order valence-electron chi connectivity index (χ2n) is 8.61. The quantitative estimate of drug-likeness (QED) is 0.0813. The first-order valence-electron chi connectivity index (χ1n) is 13.0. The van der Waals surface area contributed by atoms with Crippen LogP contribution in [0.4, 0.5) is 0 Å². The van der Waals surface area contributed by atoms with Gasteiger partial charge in [-0.2, -0.15) is 0 Å². The van der Waals surface area contributed by atoms with E-state index in [0.29, 0.717) is 0 Å². The lowest BCUT2D eigenvalue weighted by atomic mass is 10.0. The first kappa shape index (κ1) is 31.3. The predicted molar refractivity (Wildman–Crippen MR) is 131 cm³/mol. The van der Waals surface area contributed by atoms with E-state index in [9.17, 15) is 0 Å². The molecule has 0 amide bonds. The molecule has 0 atom stereocenters. The Balaban J connectivity index is 0. The zero-order valence-electron chi connectivity index (χ0n) is 20.0. The minimum absolute atomic E-state index is 0. The normalized spacial score (nSPS) is 11.1. The van der Waals surface area contributed by atoms with Gasteiger partial charge in [0.2, 0.25) is 0 Å². The van der Waals surface area contributed by atoms with Gasteiger partial charge < -0.3 is 24.0 Å². The molecule has 0 aliphatic carbocycles. The minimum atomic E-state index is 0. The van der Waals surface area contributed by atoms with Gasteiger partial charge in [0.25, 0.3) is 0 Å². The van der Waals surface area contributed by atoms with E-state index in [0.717, 1.165) is 10.9 Å². The van der Waals surface area contributed by atoms with Crippen LogP contribution < -0.4 is 24.0 Å². The molecule has 0 heterocycles. The minimum Gasteiger partial charge on any atom is -1.00 e. The molecule has 0 saturated carbocycles. The number of hydrogen-bond donors (Lipinski definition) is 0. The summed E-state index contributed by atoms with van der Waals surface area (Å²) in [6.45, 7) is 7.03. The van der Waals surface area contributed by atoms with Crippen LogP contribution in [0, 0.1) is 0 Å². The fourth-order valence-corrected chi connectivity index (χ4v) is 5.65. The third-order valence-electron chi connectivity index (χ3n) is 6.10. The van der Waals surface area contributed by atoms with Gasteiger partial charge in [-0.15, -0.1) is 0 Å². The molecule has 0 aromatic heterocycles. The molecule has 0 aliphatic heterocycles. The molecular weight excluding hydrogens is 471 g/mol. The Morgan fingerprint density at radius 1 is 0.357 bits per heavy atom. The summed E-state index contributed by atoms with van der Waals surface area (Å²) >= 11 is 0. The van der Waals surface area contributed by atoms with Crippen molar-refractivity contribution in [2.24, 2.45) is 0 Å². The summed E-state index contributed by atoms with van der Waals surface area (Å²) in [4.78, 5) is 0. The Morgan fingerprint density at radius 3 is 0.857 bits per heavy atom. The maximum atomic E-state index is 2.36. The molecule has 0 bridgehead atoms. The molecule has 0 unspecified atom stereocenters. The van der Waals surface area contributed by atoms with Gasteiger partial charge in [0.15, 0.2) is 0 Å². The Labute approximate surface area is 200 Å². The van der Waals surface area contributed by atoms with Gasteiger partial charge >= 0.3 is 0 Å². The van der Waals surface area contributed by atoms with Crippen LogP contribution >= 0.6 is 0 Å². The van der Waals surface area contributed by atoms with Crippen LogP contribution in [0.3, 0.4) is 0 Å². The van der Waals surface area contributed by atoms with Crippen LogP contribution in [0.25, 0.3) is 0 Å².